The lowest BCUT2D eigenvalue weighted by Gasteiger charge is -2.28. The number of hydrogen-bond donors (Lipinski definition) is 1. The molecule has 32 heavy (non-hydrogen) atoms. The maximum absolute atomic E-state index is 13.0. The number of fused-ring (bicyclic) bond motifs is 5. The Morgan fingerprint density at radius 1 is 1.06 bits per heavy atom. The number of carbonyl (C=O) groups excluding carboxylic acids is 4. The van der Waals surface area contributed by atoms with Crippen LogP contribution < -0.4 is 5.32 Å². The molecule has 12 heteroatoms. The van der Waals surface area contributed by atoms with E-state index in [1.165, 1.54) is 12.1 Å². The van der Waals surface area contributed by atoms with Gasteiger partial charge in [0.05, 0.1) is 33.8 Å². The van der Waals surface area contributed by atoms with Gasteiger partial charge in [-0.2, -0.15) is 13.2 Å². The average molecular weight is 493 g/mol. The summed E-state index contributed by atoms with van der Waals surface area (Å²) in [4.78, 5) is 50.3. The first-order chi connectivity index (χ1) is 15.0. The number of rotatable bonds is 5. The molecule has 3 fully saturated rings. The maximum atomic E-state index is 13.0. The molecule has 3 aliphatic rings. The fraction of sp³-hybridized carbons (Fsp3) is 0.500. The van der Waals surface area contributed by atoms with Crippen molar-refractivity contribution in [2.24, 2.45) is 23.7 Å². The van der Waals surface area contributed by atoms with Gasteiger partial charge in [0, 0.05) is 0 Å². The Labute approximate surface area is 190 Å². The van der Waals surface area contributed by atoms with E-state index in [1.807, 2.05) is 5.32 Å². The summed E-state index contributed by atoms with van der Waals surface area (Å²) >= 11 is 12.5. The van der Waals surface area contributed by atoms with Gasteiger partial charge in [-0.1, -0.05) is 12.1 Å². The number of nitrogens with zero attached hydrogens (tertiary/aromatic N) is 1. The molecule has 172 valence electrons. The fourth-order valence-electron chi connectivity index (χ4n) is 4.91. The summed E-state index contributed by atoms with van der Waals surface area (Å²) in [6.07, 6.45) is -4.11. The van der Waals surface area contributed by atoms with E-state index in [4.69, 9.17) is 27.9 Å². The van der Waals surface area contributed by atoms with Crippen molar-refractivity contribution in [3.63, 3.8) is 0 Å². The standard InChI is InChI=1S/C20H17Cl2F3N2O5/c21-16-8-5-9(17(16)22)15-14(8)18(30)27(19(15)31)6-13(29)32-7-12(28)26-11-4-2-1-3-10(11)20(23,24)25/h1-4,8-9,14-17H,5-7H2,(H,26,28)/t8-,9-,14-,15-,16+,17+/m1/s1. The normalized spacial score (nSPS) is 31.1. The van der Waals surface area contributed by atoms with Crippen molar-refractivity contribution in [2.45, 2.75) is 23.4 Å². The predicted molar refractivity (Wildman–Crippen MR) is 106 cm³/mol. The van der Waals surface area contributed by atoms with Gasteiger partial charge in [0.25, 0.3) is 5.91 Å². The zero-order chi connectivity index (χ0) is 23.4. The number of alkyl halides is 5. The maximum Gasteiger partial charge on any atom is 0.418 e. The van der Waals surface area contributed by atoms with Gasteiger partial charge in [0.2, 0.25) is 11.8 Å². The number of esters is 1. The van der Waals surface area contributed by atoms with Gasteiger partial charge in [0.1, 0.15) is 6.54 Å². The molecule has 7 nitrogen and oxygen atoms in total. The highest BCUT2D eigenvalue weighted by molar-refractivity contribution is 6.31. The lowest BCUT2D eigenvalue weighted by molar-refractivity contribution is -0.154. The molecule has 1 heterocycles. The van der Waals surface area contributed by atoms with Crippen molar-refractivity contribution in [2.75, 3.05) is 18.5 Å². The van der Waals surface area contributed by atoms with Gasteiger partial charge in [-0.3, -0.25) is 24.1 Å². The van der Waals surface area contributed by atoms with Gasteiger partial charge in [0.15, 0.2) is 6.61 Å². The summed E-state index contributed by atoms with van der Waals surface area (Å²) in [5.74, 6) is -4.83. The smallest absolute Gasteiger partial charge is 0.418 e. The van der Waals surface area contributed by atoms with E-state index in [1.54, 1.807) is 0 Å². The molecular weight excluding hydrogens is 476 g/mol. The second-order valence-corrected chi connectivity index (χ2v) is 9.03. The molecule has 2 saturated carbocycles. The van der Waals surface area contributed by atoms with Crippen LogP contribution in [0.5, 0.6) is 0 Å². The van der Waals surface area contributed by atoms with E-state index in [9.17, 15) is 32.3 Å². The Morgan fingerprint density at radius 2 is 1.62 bits per heavy atom. The van der Waals surface area contributed by atoms with Gasteiger partial charge >= 0.3 is 12.1 Å². The third-order valence-electron chi connectivity index (χ3n) is 6.24. The van der Waals surface area contributed by atoms with E-state index in [0.29, 0.717) is 6.42 Å². The third kappa shape index (κ3) is 3.83. The van der Waals surface area contributed by atoms with Gasteiger partial charge in [-0.05, 0) is 30.4 Å². The zero-order valence-corrected chi connectivity index (χ0v) is 17.8. The average Bonchev–Trinajstić information content (AvgIpc) is 3.33. The van der Waals surface area contributed by atoms with E-state index >= 15 is 0 Å². The second-order valence-electron chi connectivity index (χ2n) is 8.02. The molecule has 1 aromatic rings. The van der Waals surface area contributed by atoms with Crippen LogP contribution in [0.15, 0.2) is 24.3 Å². The molecule has 0 radical (unpaired) electrons. The van der Waals surface area contributed by atoms with Crippen LogP contribution in [0.25, 0.3) is 0 Å². The Morgan fingerprint density at radius 3 is 2.19 bits per heavy atom. The summed E-state index contributed by atoms with van der Waals surface area (Å²) in [7, 11) is 0. The molecule has 2 aliphatic carbocycles. The van der Waals surface area contributed by atoms with Gasteiger partial charge in [-0.15, -0.1) is 23.2 Å². The van der Waals surface area contributed by atoms with E-state index in [2.05, 4.69) is 0 Å². The predicted octanol–water partition coefficient (Wildman–Crippen LogP) is 2.65. The summed E-state index contributed by atoms with van der Waals surface area (Å²) in [5, 5.41) is 1.16. The molecule has 6 atom stereocenters. The molecule has 2 bridgehead atoms. The van der Waals surface area contributed by atoms with Crippen LogP contribution in [0.1, 0.15) is 12.0 Å². The number of para-hydroxylation sites is 1. The lowest BCUT2D eigenvalue weighted by atomic mass is 9.80. The topological polar surface area (TPSA) is 92.8 Å². The van der Waals surface area contributed by atoms with Gasteiger partial charge < -0.3 is 10.1 Å². The first-order valence-corrected chi connectivity index (χ1v) is 10.6. The minimum Gasteiger partial charge on any atom is -0.454 e. The third-order valence-corrected chi connectivity index (χ3v) is 7.56. The largest absolute Gasteiger partial charge is 0.454 e. The Balaban J connectivity index is 1.33. The Bertz CT molecular complexity index is 956. The summed E-state index contributed by atoms with van der Waals surface area (Å²) in [6, 6.07) is 4.34. The molecule has 1 N–H and O–H groups in total. The van der Waals surface area contributed by atoms with Crippen LogP contribution in [-0.4, -0.2) is 52.5 Å². The molecule has 0 unspecified atom stereocenters. The van der Waals surface area contributed by atoms with Gasteiger partial charge in [-0.25, -0.2) is 0 Å². The number of halogens is 5. The molecule has 0 aromatic heterocycles. The Hall–Kier alpha value is -2.33. The molecular formula is C20H17Cl2F3N2O5. The van der Waals surface area contributed by atoms with E-state index in [0.717, 1.165) is 17.0 Å². The second kappa shape index (κ2) is 8.22. The number of carbonyl (C=O) groups is 4. The van der Waals surface area contributed by atoms with E-state index < -0.39 is 76.9 Å². The van der Waals surface area contributed by atoms with Crippen LogP contribution >= 0.6 is 23.2 Å². The summed E-state index contributed by atoms with van der Waals surface area (Å²) in [5.41, 5.74) is -1.54. The van der Waals surface area contributed by atoms with Crippen LogP contribution in [0.4, 0.5) is 18.9 Å². The number of imide groups is 1. The Kier molecular flexibility index (Phi) is 5.87. The number of amides is 3. The number of ether oxygens (including phenoxy) is 1. The van der Waals surface area contributed by atoms with Crippen LogP contribution in [0.2, 0.25) is 0 Å². The van der Waals surface area contributed by atoms with Crippen LogP contribution in [0, 0.1) is 23.7 Å². The molecule has 1 saturated heterocycles. The van der Waals surface area contributed by atoms with Crippen molar-refractivity contribution in [3.05, 3.63) is 29.8 Å². The monoisotopic (exact) mass is 492 g/mol. The summed E-state index contributed by atoms with van der Waals surface area (Å²) < 4.78 is 43.8. The number of nitrogens with one attached hydrogen (secondary N) is 1. The van der Waals surface area contributed by atoms with Crippen molar-refractivity contribution in [1.82, 2.24) is 4.90 Å². The van der Waals surface area contributed by atoms with Crippen molar-refractivity contribution in [3.8, 4) is 0 Å². The number of benzene rings is 1. The van der Waals surface area contributed by atoms with Crippen LogP contribution in [0.3, 0.4) is 0 Å². The fourth-order valence-corrected chi connectivity index (χ4v) is 5.81. The van der Waals surface area contributed by atoms with Crippen LogP contribution in [-0.2, 0) is 30.1 Å². The number of anilines is 1. The molecule has 4 rings (SSSR count). The highest BCUT2D eigenvalue weighted by Gasteiger charge is 2.66. The highest BCUT2D eigenvalue weighted by Crippen LogP contribution is 2.59. The number of hydrogen-bond acceptors (Lipinski definition) is 5. The van der Waals surface area contributed by atoms with E-state index in [-0.39, 0.29) is 11.8 Å². The first kappa shape index (κ1) is 22.8. The minimum absolute atomic E-state index is 0.244. The molecule has 1 aliphatic heterocycles. The van der Waals surface area contributed by atoms with Crippen molar-refractivity contribution in [1.29, 1.82) is 0 Å². The lowest BCUT2D eigenvalue weighted by Crippen LogP contribution is -2.38. The quantitative estimate of drug-likeness (QED) is 0.387. The highest BCUT2D eigenvalue weighted by atomic mass is 35.5. The van der Waals surface area contributed by atoms with Crippen molar-refractivity contribution >= 4 is 52.6 Å². The molecule has 0 spiro atoms. The molecule has 3 amide bonds. The minimum atomic E-state index is -4.68. The molecule has 1 aromatic carbocycles. The summed E-state index contributed by atoms with van der Waals surface area (Å²) in [6.45, 7) is -1.58. The first-order valence-electron chi connectivity index (χ1n) is 9.75. The van der Waals surface area contributed by atoms with Crippen molar-refractivity contribution < 1.29 is 37.1 Å². The number of likely N-dealkylation sites (tertiary alicyclic amines) is 1. The zero-order valence-electron chi connectivity index (χ0n) is 16.3. The SMILES string of the molecule is O=C(COC(=O)CN1C(=O)[C@@H]2[C@H]3C[C@@H]([C@H](Cl)[C@H]3Cl)[C@H]2C1=O)Nc1ccccc1C(F)(F)F.